The molecule has 2 heterocycles. The van der Waals surface area contributed by atoms with Gasteiger partial charge in [-0.1, -0.05) is 0 Å². The van der Waals surface area contributed by atoms with Gasteiger partial charge in [-0.05, 0) is 50.1 Å². The molecule has 1 unspecified atom stereocenters. The summed E-state index contributed by atoms with van der Waals surface area (Å²) in [5.41, 5.74) is 5.96. The number of ether oxygens (including phenoxy) is 1. The second-order valence-electron chi connectivity index (χ2n) is 7.75. The maximum absolute atomic E-state index is 13.1. The number of nitrogens with two attached hydrogens (primary N) is 1. The molecule has 1 aromatic heterocycles. The fourth-order valence-electron chi connectivity index (χ4n) is 3.86. The van der Waals surface area contributed by atoms with Gasteiger partial charge in [-0.2, -0.15) is 5.10 Å². The van der Waals surface area contributed by atoms with E-state index < -0.39 is 11.3 Å². The van der Waals surface area contributed by atoms with Crippen LogP contribution in [0.2, 0.25) is 0 Å². The minimum absolute atomic E-state index is 0.0234. The van der Waals surface area contributed by atoms with Crippen molar-refractivity contribution >= 4 is 11.8 Å². The van der Waals surface area contributed by atoms with Crippen LogP contribution in [0.4, 0.5) is 4.39 Å². The predicted octanol–water partition coefficient (Wildman–Crippen LogP) is 2.28. The zero-order valence-electron chi connectivity index (χ0n) is 16.6. The van der Waals surface area contributed by atoms with E-state index in [2.05, 4.69) is 5.10 Å². The smallest absolute Gasteiger partial charge is 0.224 e. The molecule has 1 fully saturated rings. The molecule has 0 aliphatic carbocycles. The molecular weight excluding hydrogens is 375 g/mol. The Hall–Kier alpha value is -2.90. The van der Waals surface area contributed by atoms with Crippen LogP contribution in [0.5, 0.6) is 5.75 Å². The van der Waals surface area contributed by atoms with Crippen molar-refractivity contribution < 1.29 is 18.7 Å². The maximum Gasteiger partial charge on any atom is 0.224 e. The van der Waals surface area contributed by atoms with Gasteiger partial charge in [-0.15, -0.1) is 0 Å². The third kappa shape index (κ3) is 5.56. The van der Waals surface area contributed by atoms with Gasteiger partial charge >= 0.3 is 0 Å². The van der Waals surface area contributed by atoms with Crippen molar-refractivity contribution in [2.45, 2.75) is 39.2 Å². The normalized spacial score (nSPS) is 19.2. The van der Waals surface area contributed by atoms with Crippen molar-refractivity contribution in [3.05, 3.63) is 48.0 Å². The van der Waals surface area contributed by atoms with Crippen LogP contribution >= 0.6 is 0 Å². The summed E-state index contributed by atoms with van der Waals surface area (Å²) in [6.07, 6.45) is 3.70. The number of nitrogens with zero attached hydrogens (tertiary/aromatic N) is 3. The largest absolute Gasteiger partial charge is 0.493 e. The number of benzene rings is 1. The Labute approximate surface area is 169 Å². The summed E-state index contributed by atoms with van der Waals surface area (Å²) in [6.45, 7) is 3.76. The van der Waals surface area contributed by atoms with Gasteiger partial charge in [0.05, 0.1) is 6.61 Å². The van der Waals surface area contributed by atoms with E-state index in [1.165, 1.54) is 12.1 Å². The van der Waals surface area contributed by atoms with E-state index in [-0.39, 0.29) is 24.8 Å². The molecule has 3 rings (SSSR count). The second-order valence-corrected chi connectivity index (χ2v) is 7.75. The van der Waals surface area contributed by atoms with Gasteiger partial charge in [0.1, 0.15) is 11.6 Å². The van der Waals surface area contributed by atoms with Crippen LogP contribution in [-0.2, 0) is 16.1 Å². The van der Waals surface area contributed by atoms with Crippen LogP contribution in [0.3, 0.4) is 0 Å². The number of primary amides is 1. The Kier molecular flexibility index (Phi) is 6.51. The van der Waals surface area contributed by atoms with Crippen LogP contribution in [0.1, 0.15) is 31.4 Å². The molecule has 0 spiro atoms. The third-order valence-electron chi connectivity index (χ3n) is 5.39. The minimum Gasteiger partial charge on any atom is -0.493 e. The van der Waals surface area contributed by atoms with Crippen molar-refractivity contribution in [2.75, 3.05) is 19.7 Å². The van der Waals surface area contributed by atoms with Gasteiger partial charge in [0, 0.05) is 49.8 Å². The first-order valence-corrected chi connectivity index (χ1v) is 9.80. The number of carbonyl (C=O) groups is 2. The zero-order chi connectivity index (χ0) is 20.9. The summed E-state index contributed by atoms with van der Waals surface area (Å²) in [7, 11) is 0. The highest BCUT2D eigenvalue weighted by molar-refractivity contribution is 5.77. The number of hydrogen-bond donors (Lipinski definition) is 1. The summed E-state index contributed by atoms with van der Waals surface area (Å²) in [6, 6.07) is 7.64. The summed E-state index contributed by atoms with van der Waals surface area (Å²) in [5.74, 6) is -0.219. The lowest BCUT2D eigenvalue weighted by Gasteiger charge is -2.42. The first-order chi connectivity index (χ1) is 13.9. The lowest BCUT2D eigenvalue weighted by Crippen LogP contribution is -2.50. The summed E-state index contributed by atoms with van der Waals surface area (Å²) in [5, 5.41) is 4.21. The number of hydrogen-bond acceptors (Lipinski definition) is 4. The van der Waals surface area contributed by atoms with Crippen LogP contribution in [0.25, 0.3) is 0 Å². The number of likely N-dealkylation sites (tertiary alicyclic amines) is 1. The highest BCUT2D eigenvalue weighted by atomic mass is 19.1. The number of piperidine rings is 1. The lowest BCUT2D eigenvalue weighted by molar-refractivity contribution is -0.137. The monoisotopic (exact) mass is 402 g/mol. The number of aryl methyl sites for hydroxylation is 2. The average molecular weight is 402 g/mol. The molecule has 2 amide bonds. The van der Waals surface area contributed by atoms with Gasteiger partial charge in [-0.25, -0.2) is 4.39 Å². The Morgan fingerprint density at radius 3 is 2.69 bits per heavy atom. The standard InChI is InChI=1S/C21H27FN4O3/c1-16-7-10-24-26(16)12-8-20(28)25-11-2-9-21(14-25,13-19(23)27)15-29-18-5-3-17(22)4-6-18/h3-7,10H,2,8-9,11-15H2,1H3,(H2,23,27). The highest BCUT2D eigenvalue weighted by Gasteiger charge is 2.39. The van der Waals surface area contributed by atoms with Gasteiger partial charge in [0.2, 0.25) is 11.8 Å². The van der Waals surface area contributed by atoms with Gasteiger partial charge in [-0.3, -0.25) is 14.3 Å². The third-order valence-corrected chi connectivity index (χ3v) is 5.39. The average Bonchev–Trinajstić information content (AvgIpc) is 3.10. The number of carbonyl (C=O) groups excluding carboxylic acids is 2. The Morgan fingerprint density at radius 1 is 1.28 bits per heavy atom. The second kappa shape index (κ2) is 9.07. The predicted molar refractivity (Wildman–Crippen MR) is 106 cm³/mol. The van der Waals surface area contributed by atoms with Crippen LogP contribution in [0.15, 0.2) is 36.5 Å². The van der Waals surface area contributed by atoms with E-state index in [1.807, 2.05) is 13.0 Å². The van der Waals surface area contributed by atoms with E-state index in [0.717, 1.165) is 18.5 Å². The quantitative estimate of drug-likeness (QED) is 0.733. The van der Waals surface area contributed by atoms with Crippen LogP contribution < -0.4 is 10.5 Å². The van der Waals surface area contributed by atoms with E-state index in [0.29, 0.717) is 31.8 Å². The Morgan fingerprint density at radius 2 is 2.03 bits per heavy atom. The van der Waals surface area contributed by atoms with E-state index in [1.54, 1.807) is 27.9 Å². The van der Waals surface area contributed by atoms with Crippen LogP contribution in [0, 0.1) is 18.2 Å². The number of amides is 2. The SMILES string of the molecule is Cc1ccnn1CCC(=O)N1CCCC(COc2ccc(F)cc2)(CC(N)=O)C1. The molecule has 29 heavy (non-hydrogen) atoms. The molecule has 2 N–H and O–H groups in total. The van der Waals surface area contributed by atoms with Crippen molar-refractivity contribution in [3.63, 3.8) is 0 Å². The highest BCUT2D eigenvalue weighted by Crippen LogP contribution is 2.34. The Balaban J connectivity index is 1.64. The van der Waals surface area contributed by atoms with Crippen molar-refractivity contribution in [1.82, 2.24) is 14.7 Å². The molecule has 0 saturated carbocycles. The molecule has 2 aromatic rings. The van der Waals surface area contributed by atoms with Crippen molar-refractivity contribution in [1.29, 1.82) is 0 Å². The summed E-state index contributed by atoms with van der Waals surface area (Å²) >= 11 is 0. The molecule has 1 aromatic carbocycles. The van der Waals surface area contributed by atoms with E-state index in [4.69, 9.17) is 10.5 Å². The molecule has 1 atom stereocenters. The van der Waals surface area contributed by atoms with Crippen molar-refractivity contribution in [3.8, 4) is 5.75 Å². The number of halogens is 1. The molecule has 7 nitrogen and oxygen atoms in total. The molecule has 0 radical (unpaired) electrons. The molecule has 156 valence electrons. The molecule has 0 bridgehead atoms. The summed E-state index contributed by atoms with van der Waals surface area (Å²) < 4.78 is 20.7. The summed E-state index contributed by atoms with van der Waals surface area (Å²) in [4.78, 5) is 26.3. The van der Waals surface area contributed by atoms with Crippen molar-refractivity contribution in [2.24, 2.45) is 11.1 Å². The van der Waals surface area contributed by atoms with Gasteiger partial charge in [0.15, 0.2) is 0 Å². The van der Waals surface area contributed by atoms with Gasteiger partial charge in [0.25, 0.3) is 0 Å². The van der Waals surface area contributed by atoms with E-state index in [9.17, 15) is 14.0 Å². The minimum atomic E-state index is -0.546. The van der Waals surface area contributed by atoms with Crippen LogP contribution in [-0.4, -0.2) is 46.2 Å². The zero-order valence-corrected chi connectivity index (χ0v) is 16.6. The number of aromatic nitrogens is 2. The van der Waals surface area contributed by atoms with Gasteiger partial charge < -0.3 is 15.4 Å². The number of rotatable bonds is 8. The topological polar surface area (TPSA) is 90.4 Å². The lowest BCUT2D eigenvalue weighted by atomic mass is 9.77. The molecule has 1 saturated heterocycles. The fourth-order valence-corrected chi connectivity index (χ4v) is 3.86. The first-order valence-electron chi connectivity index (χ1n) is 9.80. The van der Waals surface area contributed by atoms with E-state index >= 15 is 0 Å². The molecular formula is C21H27FN4O3. The Bertz CT molecular complexity index is 852. The molecule has 1 aliphatic rings. The fraction of sp³-hybridized carbons (Fsp3) is 0.476. The maximum atomic E-state index is 13.1. The molecule has 1 aliphatic heterocycles. The molecule has 8 heteroatoms. The first kappa shape index (κ1) is 20.8.